The minimum Gasteiger partial charge on any atom is -0.282 e. The topological polar surface area (TPSA) is 54.5 Å². The molecule has 0 bridgehead atoms. The molecule has 0 aliphatic rings. The maximum Gasteiger partial charge on any atom is 0.252 e. The Balaban J connectivity index is 0. The van der Waals surface area contributed by atoms with Gasteiger partial charge in [0.1, 0.15) is 0 Å². The van der Waals surface area contributed by atoms with Gasteiger partial charge in [0, 0.05) is 13.0 Å². The number of hydrogen-bond donors (Lipinski definition) is 0. The van der Waals surface area contributed by atoms with E-state index >= 15 is 0 Å². The molecule has 0 rings (SSSR count). The number of unbranched alkanes of at least 4 members (excludes halogenated alkanes) is 2. The molecule has 0 unspecified atom stereocenters. The van der Waals surface area contributed by atoms with Gasteiger partial charge < -0.3 is 0 Å². The third kappa shape index (κ3) is 11.1. The molecule has 0 aliphatic heterocycles. The van der Waals surface area contributed by atoms with E-state index in [-0.39, 0.29) is 5.24 Å². The molecule has 98 valence electrons. The lowest BCUT2D eigenvalue weighted by atomic mass is 10.2. The molecule has 0 heterocycles. The highest BCUT2D eigenvalue weighted by atomic mass is 35.5. The highest BCUT2D eigenvalue weighted by Crippen LogP contribution is 2.03. The lowest BCUT2D eigenvalue weighted by Gasteiger charge is -2.12. The van der Waals surface area contributed by atoms with Crippen molar-refractivity contribution in [2.24, 2.45) is 0 Å². The van der Waals surface area contributed by atoms with Crippen molar-refractivity contribution in [1.82, 2.24) is 4.90 Å². The van der Waals surface area contributed by atoms with Gasteiger partial charge in [0.25, 0.3) is 5.91 Å². The maximum absolute atomic E-state index is 11.0. The molecule has 0 atom stereocenters. The van der Waals surface area contributed by atoms with E-state index < -0.39 is 5.91 Å². The van der Waals surface area contributed by atoms with E-state index in [0.29, 0.717) is 32.2 Å². The molecule has 0 aliphatic carbocycles. The first-order valence-corrected chi connectivity index (χ1v) is 6.06. The van der Waals surface area contributed by atoms with Crippen LogP contribution in [0.25, 0.3) is 0 Å². The zero-order valence-corrected chi connectivity index (χ0v) is 11.2. The minimum absolute atomic E-state index is 0.331. The first-order chi connectivity index (χ1) is 8.11. The third-order valence-electron chi connectivity index (χ3n) is 1.86. The number of carbonyl (C=O) groups excluding carboxylic acids is 3. The van der Waals surface area contributed by atoms with E-state index in [0.717, 1.165) is 17.4 Å². The number of amides is 2. The number of nitrogens with zero attached hydrogens (tertiary/aromatic N) is 1. The second-order valence-corrected chi connectivity index (χ2v) is 3.43. The van der Waals surface area contributed by atoms with Crippen LogP contribution >= 0.6 is 11.6 Å². The van der Waals surface area contributed by atoms with Crippen LogP contribution in [0.4, 0.5) is 0 Å². The van der Waals surface area contributed by atoms with Gasteiger partial charge in [-0.05, 0) is 30.5 Å². The lowest BCUT2D eigenvalue weighted by molar-refractivity contribution is -0.134. The van der Waals surface area contributed by atoms with Crippen LogP contribution in [0.5, 0.6) is 0 Å². The molecule has 2 amide bonds. The highest BCUT2D eigenvalue weighted by Gasteiger charge is 2.07. The predicted octanol–water partition coefficient (Wildman–Crippen LogP) is 2.51. The quantitative estimate of drug-likeness (QED) is 0.292. The number of rotatable bonds is 8. The van der Waals surface area contributed by atoms with E-state index in [9.17, 15) is 14.4 Å². The fourth-order valence-corrected chi connectivity index (χ4v) is 1.19. The molecule has 17 heavy (non-hydrogen) atoms. The van der Waals surface area contributed by atoms with Gasteiger partial charge in [-0.3, -0.25) is 19.3 Å². The standard InChI is InChI=1S/C10H14ClNO3.C2H6/c1-2-10(15)12(8-13)7-5-3-4-6-9(11)14;1-2/h2,8H,1,3-7H2;1-2H3. The van der Waals surface area contributed by atoms with Crippen molar-refractivity contribution in [2.75, 3.05) is 6.54 Å². The summed E-state index contributed by atoms with van der Waals surface area (Å²) in [5.74, 6) is -0.404. The van der Waals surface area contributed by atoms with Crippen LogP contribution in [0, 0.1) is 0 Å². The summed E-state index contributed by atoms with van der Waals surface area (Å²) in [5, 5.41) is -0.357. The number of carbonyl (C=O) groups is 3. The summed E-state index contributed by atoms with van der Waals surface area (Å²) in [7, 11) is 0. The molecular weight excluding hydrogens is 242 g/mol. The van der Waals surface area contributed by atoms with Crippen molar-refractivity contribution < 1.29 is 14.4 Å². The van der Waals surface area contributed by atoms with Crippen molar-refractivity contribution in [3.05, 3.63) is 12.7 Å². The van der Waals surface area contributed by atoms with E-state index in [4.69, 9.17) is 11.6 Å². The normalized spacial score (nSPS) is 8.65. The minimum atomic E-state index is -0.404. The Kier molecular flexibility index (Phi) is 13.8. The van der Waals surface area contributed by atoms with Gasteiger partial charge in [0.05, 0.1) is 0 Å². The Morgan fingerprint density at radius 1 is 1.24 bits per heavy atom. The van der Waals surface area contributed by atoms with Gasteiger partial charge in [-0.25, -0.2) is 0 Å². The predicted molar refractivity (Wildman–Crippen MR) is 68.7 cm³/mol. The van der Waals surface area contributed by atoms with Crippen LogP contribution < -0.4 is 0 Å². The molecule has 4 nitrogen and oxygen atoms in total. The van der Waals surface area contributed by atoms with Gasteiger partial charge in [-0.15, -0.1) is 0 Å². The zero-order chi connectivity index (χ0) is 13.7. The van der Waals surface area contributed by atoms with Gasteiger partial charge in [-0.2, -0.15) is 0 Å². The first kappa shape index (κ1) is 18.2. The van der Waals surface area contributed by atoms with E-state index in [2.05, 4.69) is 6.58 Å². The number of imide groups is 1. The van der Waals surface area contributed by atoms with E-state index in [1.807, 2.05) is 13.8 Å². The second-order valence-electron chi connectivity index (χ2n) is 3.01. The molecule has 0 N–H and O–H groups in total. The molecule has 0 spiro atoms. The average molecular weight is 262 g/mol. The fourth-order valence-electron chi connectivity index (χ4n) is 1.06. The van der Waals surface area contributed by atoms with Crippen LogP contribution in [0.1, 0.15) is 39.5 Å². The smallest absolute Gasteiger partial charge is 0.252 e. The van der Waals surface area contributed by atoms with Crippen molar-refractivity contribution in [2.45, 2.75) is 39.5 Å². The van der Waals surface area contributed by atoms with E-state index in [1.165, 1.54) is 0 Å². The molecule has 0 saturated heterocycles. The first-order valence-electron chi connectivity index (χ1n) is 5.68. The van der Waals surface area contributed by atoms with Gasteiger partial charge >= 0.3 is 0 Å². The molecule has 0 saturated carbocycles. The zero-order valence-electron chi connectivity index (χ0n) is 10.4. The van der Waals surface area contributed by atoms with Crippen LogP contribution in [-0.4, -0.2) is 29.0 Å². The van der Waals surface area contributed by atoms with E-state index in [1.54, 1.807) is 0 Å². The fraction of sp³-hybridized carbons (Fsp3) is 0.583. The molecule has 0 radical (unpaired) electrons. The Labute approximate surface area is 108 Å². The highest BCUT2D eigenvalue weighted by molar-refractivity contribution is 6.63. The summed E-state index contributed by atoms with van der Waals surface area (Å²) in [5.41, 5.74) is 0. The molecule has 0 fully saturated rings. The average Bonchev–Trinajstić information content (AvgIpc) is 2.35. The number of hydrogen-bond acceptors (Lipinski definition) is 3. The monoisotopic (exact) mass is 261 g/mol. The summed E-state index contributed by atoms with van der Waals surface area (Å²) in [6.45, 7) is 7.64. The van der Waals surface area contributed by atoms with Crippen LogP contribution in [0.3, 0.4) is 0 Å². The molecule has 0 aromatic heterocycles. The summed E-state index contributed by atoms with van der Waals surface area (Å²) >= 11 is 5.15. The van der Waals surface area contributed by atoms with Crippen molar-refractivity contribution in [1.29, 1.82) is 0 Å². The Morgan fingerprint density at radius 3 is 2.24 bits per heavy atom. The largest absolute Gasteiger partial charge is 0.282 e. The molecule has 5 heteroatoms. The van der Waals surface area contributed by atoms with Gasteiger partial charge in [-0.1, -0.05) is 26.8 Å². The van der Waals surface area contributed by atoms with Crippen LogP contribution in [0.15, 0.2) is 12.7 Å². The number of halogens is 1. The SMILES string of the molecule is C=CC(=O)N(C=O)CCCCCC(=O)Cl.CC. The molecular formula is C12H20ClNO3. The summed E-state index contributed by atoms with van der Waals surface area (Å²) < 4.78 is 0. The van der Waals surface area contributed by atoms with Crippen LogP contribution in [0.2, 0.25) is 0 Å². The van der Waals surface area contributed by atoms with Crippen LogP contribution in [-0.2, 0) is 14.4 Å². The molecule has 0 aromatic rings. The second kappa shape index (κ2) is 12.9. The molecule has 0 aromatic carbocycles. The van der Waals surface area contributed by atoms with Crippen molar-refractivity contribution >= 4 is 29.2 Å². The summed E-state index contributed by atoms with van der Waals surface area (Å²) in [6.07, 6.45) is 4.01. The summed E-state index contributed by atoms with van der Waals surface area (Å²) in [6, 6.07) is 0. The third-order valence-corrected chi connectivity index (χ3v) is 2.05. The van der Waals surface area contributed by atoms with Crippen molar-refractivity contribution in [3.63, 3.8) is 0 Å². The Hall–Kier alpha value is -1.16. The summed E-state index contributed by atoms with van der Waals surface area (Å²) in [4.78, 5) is 32.9. The Morgan fingerprint density at radius 2 is 1.82 bits per heavy atom. The maximum atomic E-state index is 11.0. The van der Waals surface area contributed by atoms with Gasteiger partial charge in [0.15, 0.2) is 0 Å². The lowest BCUT2D eigenvalue weighted by Crippen LogP contribution is -2.28. The van der Waals surface area contributed by atoms with Gasteiger partial charge in [0.2, 0.25) is 11.7 Å². The Bertz CT molecular complexity index is 254. The van der Waals surface area contributed by atoms with Crippen molar-refractivity contribution in [3.8, 4) is 0 Å².